The molecule has 27 heavy (non-hydrogen) atoms. The Hall–Kier alpha value is -0.560. The van der Waals surface area contributed by atoms with E-state index in [1.807, 2.05) is 12.1 Å². The van der Waals surface area contributed by atoms with Crippen LogP contribution in [0.1, 0.15) is 24.8 Å². The number of anilines is 1. The van der Waals surface area contributed by atoms with Crippen molar-refractivity contribution in [3.05, 3.63) is 29.8 Å². The van der Waals surface area contributed by atoms with Gasteiger partial charge in [-0.2, -0.15) is 0 Å². The Kier molecular flexibility index (Phi) is 12.5. The summed E-state index contributed by atoms with van der Waals surface area (Å²) in [6.07, 6.45) is 3.16. The summed E-state index contributed by atoms with van der Waals surface area (Å²) in [5.74, 6) is 0.564. The SMILES string of the molecule is CN1CCN(Cc2cccc(NC(=O)[C@@H]3CCC[C@@H]3CN)c2)CC1.Cl.Cl.Cl. The average molecular weight is 440 g/mol. The lowest BCUT2D eigenvalue weighted by molar-refractivity contribution is -0.120. The van der Waals surface area contributed by atoms with Crippen molar-refractivity contribution in [1.82, 2.24) is 9.80 Å². The van der Waals surface area contributed by atoms with Gasteiger partial charge in [-0.1, -0.05) is 18.6 Å². The number of halogens is 3. The lowest BCUT2D eigenvalue weighted by Gasteiger charge is -2.32. The molecule has 1 aromatic rings. The number of nitrogens with one attached hydrogen (secondary N) is 1. The second-order valence-electron chi connectivity index (χ2n) is 7.30. The van der Waals surface area contributed by atoms with Crippen molar-refractivity contribution in [2.45, 2.75) is 25.8 Å². The highest BCUT2D eigenvalue weighted by Crippen LogP contribution is 2.31. The second-order valence-corrected chi connectivity index (χ2v) is 7.30. The normalized spacial score (nSPS) is 22.9. The van der Waals surface area contributed by atoms with Crippen LogP contribution in [0.25, 0.3) is 0 Å². The third-order valence-electron chi connectivity index (χ3n) is 5.50. The van der Waals surface area contributed by atoms with Gasteiger partial charge in [-0.3, -0.25) is 9.69 Å². The molecule has 1 aromatic carbocycles. The Bertz CT molecular complexity index is 568. The minimum Gasteiger partial charge on any atom is -0.330 e. The fourth-order valence-electron chi connectivity index (χ4n) is 3.91. The van der Waals surface area contributed by atoms with Crippen molar-refractivity contribution in [3.63, 3.8) is 0 Å². The number of nitrogens with two attached hydrogens (primary N) is 1. The highest BCUT2D eigenvalue weighted by Gasteiger charge is 2.31. The van der Waals surface area contributed by atoms with Crippen LogP contribution in [0, 0.1) is 11.8 Å². The van der Waals surface area contributed by atoms with Crippen LogP contribution in [-0.4, -0.2) is 55.5 Å². The summed E-state index contributed by atoms with van der Waals surface area (Å²) >= 11 is 0. The van der Waals surface area contributed by atoms with Gasteiger partial charge in [0.05, 0.1) is 0 Å². The second kappa shape index (κ2) is 12.8. The van der Waals surface area contributed by atoms with E-state index in [9.17, 15) is 4.79 Å². The summed E-state index contributed by atoms with van der Waals surface area (Å²) < 4.78 is 0. The predicted molar refractivity (Wildman–Crippen MR) is 119 cm³/mol. The molecule has 2 fully saturated rings. The zero-order chi connectivity index (χ0) is 16.9. The first kappa shape index (κ1) is 26.4. The van der Waals surface area contributed by atoms with E-state index in [0.717, 1.165) is 57.7 Å². The van der Waals surface area contributed by atoms with E-state index in [4.69, 9.17) is 5.73 Å². The molecule has 2 aliphatic rings. The van der Waals surface area contributed by atoms with Crippen LogP contribution in [0.3, 0.4) is 0 Å². The quantitative estimate of drug-likeness (QED) is 0.740. The summed E-state index contributed by atoms with van der Waals surface area (Å²) in [7, 11) is 2.17. The molecule has 1 saturated carbocycles. The van der Waals surface area contributed by atoms with Gasteiger partial charge in [0, 0.05) is 44.3 Å². The Morgan fingerprint density at radius 2 is 1.85 bits per heavy atom. The van der Waals surface area contributed by atoms with Crippen molar-refractivity contribution >= 4 is 48.8 Å². The van der Waals surface area contributed by atoms with Gasteiger partial charge in [-0.15, -0.1) is 37.2 Å². The maximum atomic E-state index is 12.5. The Balaban J connectivity index is 0.00000225. The number of likely N-dealkylation sites (N-methyl/N-ethyl adjacent to an activating group) is 1. The highest BCUT2D eigenvalue weighted by atomic mass is 35.5. The first-order valence-corrected chi connectivity index (χ1v) is 9.16. The van der Waals surface area contributed by atoms with Crippen molar-refractivity contribution in [1.29, 1.82) is 0 Å². The van der Waals surface area contributed by atoms with Crippen molar-refractivity contribution in [2.24, 2.45) is 17.6 Å². The molecule has 3 N–H and O–H groups in total. The molecule has 1 aliphatic heterocycles. The molecule has 156 valence electrons. The minimum atomic E-state index is 0. The molecule has 0 bridgehead atoms. The Morgan fingerprint density at radius 1 is 1.15 bits per heavy atom. The summed E-state index contributed by atoms with van der Waals surface area (Å²) in [6.45, 7) is 6.02. The van der Waals surface area contributed by atoms with Crippen LogP contribution in [0.5, 0.6) is 0 Å². The minimum absolute atomic E-state index is 0. The number of carbonyl (C=O) groups excluding carboxylic acids is 1. The summed E-state index contributed by atoms with van der Waals surface area (Å²) in [5, 5.41) is 3.11. The number of piperazine rings is 1. The number of benzene rings is 1. The van der Waals surface area contributed by atoms with Crippen LogP contribution in [0.4, 0.5) is 5.69 Å². The first-order valence-electron chi connectivity index (χ1n) is 9.16. The summed E-state index contributed by atoms with van der Waals surface area (Å²) in [4.78, 5) is 17.4. The number of hydrogen-bond donors (Lipinski definition) is 2. The molecule has 0 radical (unpaired) electrons. The molecule has 5 nitrogen and oxygen atoms in total. The fourth-order valence-corrected chi connectivity index (χ4v) is 3.91. The standard InChI is InChI=1S/C19H30N4O.3ClH/c1-22-8-10-23(11-9-22)14-15-4-2-6-17(12-15)21-19(24)18-7-3-5-16(18)13-20;;;/h2,4,6,12,16,18H,3,5,7-11,13-14,20H2,1H3,(H,21,24);3*1H/t16-,18-;;;/m1.../s1. The third kappa shape index (κ3) is 7.41. The van der Waals surface area contributed by atoms with Crippen LogP contribution >= 0.6 is 37.2 Å². The van der Waals surface area contributed by atoms with Crippen LogP contribution in [-0.2, 0) is 11.3 Å². The summed E-state index contributed by atoms with van der Waals surface area (Å²) in [5.41, 5.74) is 7.98. The number of carbonyl (C=O) groups is 1. The monoisotopic (exact) mass is 438 g/mol. The highest BCUT2D eigenvalue weighted by molar-refractivity contribution is 5.93. The molecule has 0 spiro atoms. The Morgan fingerprint density at radius 3 is 2.52 bits per heavy atom. The van der Waals surface area contributed by atoms with E-state index in [1.54, 1.807) is 0 Å². The number of rotatable bonds is 5. The van der Waals surface area contributed by atoms with Crippen molar-refractivity contribution in [3.8, 4) is 0 Å². The van der Waals surface area contributed by atoms with E-state index in [-0.39, 0.29) is 49.0 Å². The molecule has 8 heteroatoms. The largest absolute Gasteiger partial charge is 0.330 e. The predicted octanol–water partition coefficient (Wildman–Crippen LogP) is 3.01. The maximum absolute atomic E-state index is 12.5. The van der Waals surface area contributed by atoms with E-state index < -0.39 is 0 Å². The number of hydrogen-bond acceptors (Lipinski definition) is 4. The number of amides is 1. The van der Waals surface area contributed by atoms with Crippen LogP contribution < -0.4 is 11.1 Å². The van der Waals surface area contributed by atoms with E-state index in [1.165, 1.54) is 5.56 Å². The van der Waals surface area contributed by atoms with Gasteiger partial charge in [0.2, 0.25) is 5.91 Å². The Labute approximate surface area is 181 Å². The number of nitrogens with zero attached hydrogens (tertiary/aromatic N) is 2. The van der Waals surface area contributed by atoms with Gasteiger partial charge in [0.15, 0.2) is 0 Å². The van der Waals surface area contributed by atoms with E-state index >= 15 is 0 Å². The van der Waals surface area contributed by atoms with Gasteiger partial charge in [-0.25, -0.2) is 0 Å². The molecule has 3 rings (SSSR count). The lowest BCUT2D eigenvalue weighted by atomic mass is 9.95. The van der Waals surface area contributed by atoms with E-state index in [0.29, 0.717) is 12.5 Å². The molecule has 0 unspecified atom stereocenters. The summed E-state index contributed by atoms with van der Waals surface area (Å²) in [6, 6.07) is 8.28. The van der Waals surface area contributed by atoms with Gasteiger partial charge >= 0.3 is 0 Å². The molecule has 2 atom stereocenters. The van der Waals surface area contributed by atoms with Crippen LogP contribution in [0.15, 0.2) is 24.3 Å². The molecule has 1 heterocycles. The zero-order valence-electron chi connectivity index (χ0n) is 15.9. The molecule has 1 aliphatic carbocycles. The van der Waals surface area contributed by atoms with Crippen molar-refractivity contribution < 1.29 is 4.79 Å². The molecular formula is C19H33Cl3N4O. The molecule has 0 aromatic heterocycles. The average Bonchev–Trinajstić information content (AvgIpc) is 3.06. The maximum Gasteiger partial charge on any atom is 0.227 e. The fraction of sp³-hybridized carbons (Fsp3) is 0.632. The van der Waals surface area contributed by atoms with Gasteiger partial charge in [0.25, 0.3) is 0 Å². The topological polar surface area (TPSA) is 61.6 Å². The molecular weight excluding hydrogens is 407 g/mol. The zero-order valence-corrected chi connectivity index (χ0v) is 18.4. The molecule has 1 saturated heterocycles. The smallest absolute Gasteiger partial charge is 0.227 e. The first-order chi connectivity index (χ1) is 11.7. The van der Waals surface area contributed by atoms with Gasteiger partial charge in [-0.05, 0) is 50.0 Å². The lowest BCUT2D eigenvalue weighted by Crippen LogP contribution is -2.43. The molecule has 1 amide bonds. The van der Waals surface area contributed by atoms with E-state index in [2.05, 4.69) is 34.3 Å². The van der Waals surface area contributed by atoms with Gasteiger partial charge < -0.3 is 16.0 Å². The van der Waals surface area contributed by atoms with Crippen LogP contribution in [0.2, 0.25) is 0 Å². The third-order valence-corrected chi connectivity index (χ3v) is 5.50. The van der Waals surface area contributed by atoms with Crippen molar-refractivity contribution in [2.75, 3.05) is 45.1 Å². The van der Waals surface area contributed by atoms with Gasteiger partial charge in [0.1, 0.15) is 0 Å².